The molecule has 1 atom stereocenters. The molecule has 1 aliphatic rings. The van der Waals surface area contributed by atoms with Gasteiger partial charge in [0.2, 0.25) is 11.8 Å². The highest BCUT2D eigenvalue weighted by Crippen LogP contribution is 2.15. The summed E-state index contributed by atoms with van der Waals surface area (Å²) in [6.07, 6.45) is 0.600. The third kappa shape index (κ3) is 5.21. The zero-order valence-corrected chi connectivity index (χ0v) is 15.4. The number of carbonyl (C=O) groups excluding carboxylic acids is 3. The zero-order valence-electron chi connectivity index (χ0n) is 15.4. The molecule has 1 aliphatic heterocycles. The van der Waals surface area contributed by atoms with Crippen molar-refractivity contribution in [2.75, 3.05) is 37.7 Å². The first-order chi connectivity index (χ1) is 12.6. The predicted octanol–water partition coefficient (Wildman–Crippen LogP) is 1.18. The average molecular weight is 361 g/mol. The van der Waals surface area contributed by atoms with Gasteiger partial charge in [-0.25, -0.2) is 0 Å². The second kappa shape index (κ2) is 9.79. The monoisotopic (exact) mass is 361 g/mol. The van der Waals surface area contributed by atoms with Crippen LogP contribution in [0.4, 0.5) is 5.69 Å². The summed E-state index contributed by atoms with van der Waals surface area (Å²) < 4.78 is 5.07. The van der Waals surface area contributed by atoms with Crippen molar-refractivity contribution in [3.8, 4) is 0 Å². The van der Waals surface area contributed by atoms with E-state index in [1.54, 1.807) is 0 Å². The van der Waals surface area contributed by atoms with Crippen molar-refractivity contribution in [2.24, 2.45) is 0 Å². The van der Waals surface area contributed by atoms with Crippen LogP contribution in [0.2, 0.25) is 0 Å². The van der Waals surface area contributed by atoms with Crippen LogP contribution in [-0.2, 0) is 19.1 Å². The number of piperazine rings is 1. The highest BCUT2D eigenvalue weighted by atomic mass is 16.5. The molecule has 0 bridgehead atoms. The molecule has 142 valence electrons. The average Bonchev–Trinajstić information content (AvgIpc) is 2.66. The van der Waals surface area contributed by atoms with E-state index in [0.717, 1.165) is 5.69 Å². The van der Waals surface area contributed by atoms with Crippen molar-refractivity contribution >= 4 is 23.5 Å². The molecule has 1 unspecified atom stereocenters. The molecule has 0 radical (unpaired) electrons. The Morgan fingerprint density at radius 1 is 1.27 bits per heavy atom. The Kier molecular flexibility index (Phi) is 7.44. The van der Waals surface area contributed by atoms with E-state index in [0.29, 0.717) is 32.7 Å². The van der Waals surface area contributed by atoms with E-state index in [2.05, 4.69) is 5.32 Å². The Morgan fingerprint density at radius 2 is 2.00 bits per heavy atom. The second-order valence-corrected chi connectivity index (χ2v) is 6.17. The molecule has 0 aliphatic carbocycles. The van der Waals surface area contributed by atoms with Crippen molar-refractivity contribution < 1.29 is 19.1 Å². The van der Waals surface area contributed by atoms with E-state index in [1.165, 1.54) is 4.90 Å². The number of carbonyl (C=O) groups is 3. The van der Waals surface area contributed by atoms with Crippen LogP contribution in [0, 0.1) is 0 Å². The molecule has 1 N–H and O–H groups in total. The molecule has 0 spiro atoms. The molecule has 1 saturated heterocycles. The van der Waals surface area contributed by atoms with Crippen LogP contribution < -0.4 is 10.2 Å². The SMILES string of the molecule is CCCOC(=O)CC1C(=O)NCCN1C(=O)CN(CC)c1ccccc1. The van der Waals surface area contributed by atoms with Gasteiger partial charge in [-0.15, -0.1) is 0 Å². The minimum absolute atomic E-state index is 0.116. The number of para-hydroxylation sites is 1. The molecule has 2 amide bonds. The minimum atomic E-state index is -0.810. The number of hydrogen-bond acceptors (Lipinski definition) is 5. The van der Waals surface area contributed by atoms with E-state index in [4.69, 9.17) is 4.74 Å². The molecule has 7 heteroatoms. The third-order valence-electron chi connectivity index (χ3n) is 4.31. The highest BCUT2D eigenvalue weighted by Gasteiger charge is 2.35. The van der Waals surface area contributed by atoms with Crippen molar-refractivity contribution in [3.05, 3.63) is 30.3 Å². The molecule has 26 heavy (non-hydrogen) atoms. The molecule has 0 aromatic heterocycles. The van der Waals surface area contributed by atoms with Gasteiger partial charge in [0.25, 0.3) is 0 Å². The van der Waals surface area contributed by atoms with Gasteiger partial charge in [0.05, 0.1) is 19.6 Å². The number of amides is 2. The number of hydrogen-bond donors (Lipinski definition) is 1. The first kappa shape index (κ1) is 19.8. The summed E-state index contributed by atoms with van der Waals surface area (Å²) in [4.78, 5) is 40.4. The number of benzene rings is 1. The molecule has 2 rings (SSSR count). The highest BCUT2D eigenvalue weighted by molar-refractivity contribution is 5.93. The zero-order chi connectivity index (χ0) is 18.9. The lowest BCUT2D eigenvalue weighted by Gasteiger charge is -2.36. The van der Waals surface area contributed by atoms with Crippen molar-refractivity contribution in [1.82, 2.24) is 10.2 Å². The Balaban J connectivity index is 2.05. The largest absolute Gasteiger partial charge is 0.466 e. The quantitative estimate of drug-likeness (QED) is 0.704. The van der Waals surface area contributed by atoms with Crippen molar-refractivity contribution in [1.29, 1.82) is 0 Å². The number of nitrogens with one attached hydrogen (secondary N) is 1. The van der Waals surface area contributed by atoms with Crippen LogP contribution in [0.25, 0.3) is 0 Å². The van der Waals surface area contributed by atoms with E-state index in [1.807, 2.05) is 49.1 Å². The fourth-order valence-corrected chi connectivity index (χ4v) is 2.93. The van der Waals surface area contributed by atoms with E-state index < -0.39 is 12.0 Å². The Morgan fingerprint density at radius 3 is 2.65 bits per heavy atom. The van der Waals surface area contributed by atoms with Gasteiger partial charge in [-0.3, -0.25) is 14.4 Å². The number of rotatable bonds is 8. The van der Waals surface area contributed by atoms with Gasteiger partial charge < -0.3 is 19.9 Å². The molecule has 1 aromatic carbocycles. The fourth-order valence-electron chi connectivity index (χ4n) is 2.93. The summed E-state index contributed by atoms with van der Waals surface area (Å²) in [6, 6.07) is 8.84. The van der Waals surface area contributed by atoms with Crippen molar-refractivity contribution in [2.45, 2.75) is 32.7 Å². The minimum Gasteiger partial charge on any atom is -0.466 e. The second-order valence-electron chi connectivity index (χ2n) is 6.17. The molecule has 0 saturated carbocycles. The smallest absolute Gasteiger partial charge is 0.308 e. The third-order valence-corrected chi connectivity index (χ3v) is 4.31. The topological polar surface area (TPSA) is 79.0 Å². The first-order valence-electron chi connectivity index (χ1n) is 9.09. The van der Waals surface area contributed by atoms with Crippen LogP contribution in [0.15, 0.2) is 30.3 Å². The van der Waals surface area contributed by atoms with Gasteiger partial charge in [0.1, 0.15) is 6.04 Å². The van der Waals surface area contributed by atoms with Crippen LogP contribution in [-0.4, -0.2) is 61.5 Å². The lowest BCUT2D eigenvalue weighted by atomic mass is 10.1. The van der Waals surface area contributed by atoms with Gasteiger partial charge in [-0.2, -0.15) is 0 Å². The Bertz CT molecular complexity index is 620. The summed E-state index contributed by atoms with van der Waals surface area (Å²) in [6.45, 7) is 5.80. The maximum absolute atomic E-state index is 12.8. The standard InChI is InChI=1S/C19H27N3O4/c1-3-12-26-18(24)13-16-19(25)20-10-11-22(16)17(23)14-21(4-2)15-8-6-5-7-9-15/h5-9,16H,3-4,10-14H2,1-2H3,(H,20,25). The van der Waals surface area contributed by atoms with E-state index in [9.17, 15) is 14.4 Å². The van der Waals surface area contributed by atoms with Gasteiger partial charge in [-0.05, 0) is 25.5 Å². The molecule has 1 aromatic rings. The maximum atomic E-state index is 12.8. The molecule has 1 fully saturated rings. The van der Waals surface area contributed by atoms with Crippen molar-refractivity contribution in [3.63, 3.8) is 0 Å². The maximum Gasteiger partial charge on any atom is 0.308 e. The predicted molar refractivity (Wildman–Crippen MR) is 98.7 cm³/mol. The number of ether oxygens (including phenoxy) is 1. The number of esters is 1. The summed E-state index contributed by atoms with van der Waals surface area (Å²) in [7, 11) is 0. The van der Waals surface area contributed by atoms with Gasteiger partial charge in [-0.1, -0.05) is 25.1 Å². The van der Waals surface area contributed by atoms with Crippen LogP contribution in [0.1, 0.15) is 26.7 Å². The van der Waals surface area contributed by atoms with E-state index in [-0.39, 0.29) is 24.8 Å². The summed E-state index contributed by atoms with van der Waals surface area (Å²) in [5, 5.41) is 2.72. The Hall–Kier alpha value is -2.57. The number of likely N-dealkylation sites (N-methyl/N-ethyl adjacent to an activating group) is 1. The van der Waals surface area contributed by atoms with E-state index >= 15 is 0 Å². The summed E-state index contributed by atoms with van der Waals surface area (Å²) >= 11 is 0. The summed E-state index contributed by atoms with van der Waals surface area (Å²) in [5.74, 6) is -0.929. The van der Waals surface area contributed by atoms with Gasteiger partial charge >= 0.3 is 5.97 Å². The molecular weight excluding hydrogens is 334 g/mol. The first-order valence-corrected chi connectivity index (χ1v) is 9.09. The Labute approximate surface area is 154 Å². The molecule has 7 nitrogen and oxygen atoms in total. The lowest BCUT2D eigenvalue weighted by molar-refractivity contribution is -0.151. The van der Waals surface area contributed by atoms with Crippen LogP contribution in [0.5, 0.6) is 0 Å². The number of anilines is 1. The van der Waals surface area contributed by atoms with Crippen LogP contribution >= 0.6 is 0 Å². The van der Waals surface area contributed by atoms with Gasteiger partial charge in [0, 0.05) is 25.3 Å². The van der Waals surface area contributed by atoms with Gasteiger partial charge in [0.15, 0.2) is 0 Å². The lowest BCUT2D eigenvalue weighted by Crippen LogP contribution is -2.59. The normalized spacial score (nSPS) is 16.8. The summed E-state index contributed by atoms with van der Waals surface area (Å²) in [5.41, 5.74) is 0.948. The number of nitrogens with zero attached hydrogens (tertiary/aromatic N) is 2. The molecule has 1 heterocycles. The fraction of sp³-hybridized carbons (Fsp3) is 0.526. The molecular formula is C19H27N3O4. The van der Waals surface area contributed by atoms with Crippen LogP contribution in [0.3, 0.4) is 0 Å².